The van der Waals surface area contributed by atoms with Gasteiger partial charge in [-0.1, -0.05) is 46.8 Å². The molecule has 0 radical (unpaired) electrons. The minimum absolute atomic E-state index is 0.0225. The summed E-state index contributed by atoms with van der Waals surface area (Å²) in [6, 6.07) is 5.41. The van der Waals surface area contributed by atoms with Crippen LogP contribution in [0.1, 0.15) is 59.1 Å². The summed E-state index contributed by atoms with van der Waals surface area (Å²) in [4.78, 5) is 0. The molecule has 0 saturated heterocycles. The van der Waals surface area contributed by atoms with Crippen molar-refractivity contribution in [2.45, 2.75) is 53.5 Å². The van der Waals surface area contributed by atoms with Gasteiger partial charge in [0.25, 0.3) is 0 Å². The van der Waals surface area contributed by atoms with Gasteiger partial charge in [0.2, 0.25) is 0 Å². The first-order valence-electron chi connectivity index (χ1n) is 7.87. The molecule has 1 rings (SSSR count). The Kier molecular flexibility index (Phi) is 6.66. The topological polar surface area (TPSA) is 21.3 Å². The van der Waals surface area contributed by atoms with Crippen molar-refractivity contribution in [3.05, 3.63) is 29.6 Å². The quantitative estimate of drug-likeness (QED) is 0.768. The van der Waals surface area contributed by atoms with Gasteiger partial charge < -0.3 is 10.1 Å². The molecule has 2 atom stereocenters. The lowest BCUT2D eigenvalue weighted by Gasteiger charge is -2.31. The molecule has 1 aromatic carbocycles. The molecule has 0 saturated carbocycles. The zero-order chi connectivity index (χ0) is 16.0. The summed E-state index contributed by atoms with van der Waals surface area (Å²) in [7, 11) is 1.51. The van der Waals surface area contributed by atoms with E-state index < -0.39 is 0 Å². The van der Waals surface area contributed by atoms with E-state index in [0.717, 1.165) is 19.4 Å². The Balaban J connectivity index is 3.02. The Morgan fingerprint density at radius 2 is 1.95 bits per heavy atom. The molecular formula is C18H30FNO. The van der Waals surface area contributed by atoms with Gasteiger partial charge in [0.05, 0.1) is 7.11 Å². The third-order valence-electron chi connectivity index (χ3n) is 4.30. The highest BCUT2D eigenvalue weighted by Gasteiger charge is 2.26. The second-order valence-corrected chi connectivity index (χ2v) is 6.87. The van der Waals surface area contributed by atoms with E-state index in [1.807, 2.05) is 12.1 Å². The van der Waals surface area contributed by atoms with Crippen molar-refractivity contribution >= 4 is 0 Å². The monoisotopic (exact) mass is 295 g/mol. The summed E-state index contributed by atoms with van der Waals surface area (Å²) in [5.74, 6) is 0.561. The molecule has 0 spiro atoms. The van der Waals surface area contributed by atoms with Crippen LogP contribution in [0, 0.1) is 17.2 Å². The first-order chi connectivity index (χ1) is 9.81. The van der Waals surface area contributed by atoms with E-state index in [1.165, 1.54) is 7.11 Å². The Morgan fingerprint density at radius 3 is 2.48 bits per heavy atom. The van der Waals surface area contributed by atoms with Crippen molar-refractivity contribution < 1.29 is 9.13 Å². The first-order valence-corrected chi connectivity index (χ1v) is 7.87. The number of rotatable bonds is 7. The van der Waals surface area contributed by atoms with E-state index in [9.17, 15) is 4.39 Å². The van der Waals surface area contributed by atoms with Crippen molar-refractivity contribution in [1.29, 1.82) is 0 Å². The first kappa shape index (κ1) is 18.0. The van der Waals surface area contributed by atoms with Crippen LogP contribution in [-0.4, -0.2) is 13.7 Å². The highest BCUT2D eigenvalue weighted by atomic mass is 19.1. The third-order valence-corrected chi connectivity index (χ3v) is 4.30. The van der Waals surface area contributed by atoms with Gasteiger partial charge in [0, 0.05) is 11.6 Å². The summed E-state index contributed by atoms with van der Waals surface area (Å²) in [6.07, 6.45) is 1.94. The molecule has 0 aliphatic rings. The van der Waals surface area contributed by atoms with Crippen LogP contribution in [0.25, 0.3) is 0 Å². The third kappa shape index (κ3) is 4.99. The lowest BCUT2D eigenvalue weighted by molar-refractivity contribution is 0.221. The maximum Gasteiger partial charge on any atom is 0.169 e. The zero-order valence-corrected chi connectivity index (χ0v) is 14.3. The maximum atomic E-state index is 14.5. The average Bonchev–Trinajstić information content (AvgIpc) is 2.42. The Labute approximate surface area is 129 Å². The normalized spacial score (nSPS) is 14.8. The fourth-order valence-electron chi connectivity index (χ4n) is 2.30. The number of hydrogen-bond donors (Lipinski definition) is 1. The Bertz CT molecular complexity index is 439. The highest BCUT2D eigenvalue weighted by molar-refractivity contribution is 5.33. The molecule has 0 aliphatic carbocycles. The van der Waals surface area contributed by atoms with Gasteiger partial charge >= 0.3 is 0 Å². The van der Waals surface area contributed by atoms with Crippen molar-refractivity contribution in [2.75, 3.05) is 13.7 Å². The summed E-state index contributed by atoms with van der Waals surface area (Å²) >= 11 is 0. The standard InChI is InChI=1S/C18H30FNO/c1-7-11-20-15(12-13(2)18(3,4)5)14-9-8-10-16(21-6)17(14)19/h8-10,13,15,20H,7,11-12H2,1-6H3. The molecule has 1 N–H and O–H groups in total. The van der Waals surface area contributed by atoms with Gasteiger partial charge in [-0.25, -0.2) is 4.39 Å². The molecule has 1 aromatic rings. The molecule has 3 heteroatoms. The fraction of sp³-hybridized carbons (Fsp3) is 0.667. The molecule has 120 valence electrons. The molecule has 0 amide bonds. The minimum atomic E-state index is -0.241. The summed E-state index contributed by atoms with van der Waals surface area (Å²) in [6.45, 7) is 11.9. The van der Waals surface area contributed by atoms with E-state index in [-0.39, 0.29) is 17.3 Å². The van der Waals surface area contributed by atoms with Crippen LogP contribution in [0.5, 0.6) is 5.75 Å². The number of halogens is 1. The number of methoxy groups -OCH3 is 1. The smallest absolute Gasteiger partial charge is 0.169 e. The molecule has 2 nitrogen and oxygen atoms in total. The van der Waals surface area contributed by atoms with Crippen molar-refractivity contribution in [3.63, 3.8) is 0 Å². The molecule has 2 unspecified atom stereocenters. The van der Waals surface area contributed by atoms with Crippen molar-refractivity contribution in [3.8, 4) is 5.75 Å². The van der Waals surface area contributed by atoms with Crippen LogP contribution in [0.4, 0.5) is 4.39 Å². The summed E-state index contributed by atoms with van der Waals surface area (Å²) in [5, 5.41) is 3.49. The van der Waals surface area contributed by atoms with Crippen molar-refractivity contribution in [2.24, 2.45) is 11.3 Å². The molecule has 0 aromatic heterocycles. The molecule has 0 bridgehead atoms. The minimum Gasteiger partial charge on any atom is -0.494 e. The van der Waals surface area contributed by atoms with E-state index in [2.05, 4.69) is 39.9 Å². The average molecular weight is 295 g/mol. The molecule has 0 aliphatic heterocycles. The second kappa shape index (κ2) is 7.79. The summed E-state index contributed by atoms with van der Waals surface area (Å²) in [5.41, 5.74) is 0.917. The number of nitrogens with one attached hydrogen (secondary N) is 1. The Hall–Kier alpha value is -1.09. The van der Waals surface area contributed by atoms with Crippen LogP contribution in [0.3, 0.4) is 0 Å². The maximum absolute atomic E-state index is 14.5. The summed E-state index contributed by atoms with van der Waals surface area (Å²) < 4.78 is 19.6. The lowest BCUT2D eigenvalue weighted by atomic mass is 9.77. The highest BCUT2D eigenvalue weighted by Crippen LogP contribution is 2.35. The predicted molar refractivity (Wildman–Crippen MR) is 87.2 cm³/mol. The molecule has 0 heterocycles. The number of ether oxygens (including phenoxy) is 1. The molecule has 0 fully saturated rings. The largest absolute Gasteiger partial charge is 0.494 e. The van der Waals surface area contributed by atoms with Gasteiger partial charge in [0.1, 0.15) is 0 Å². The van der Waals surface area contributed by atoms with E-state index >= 15 is 0 Å². The number of benzene rings is 1. The van der Waals surface area contributed by atoms with Gasteiger partial charge in [-0.3, -0.25) is 0 Å². The van der Waals surface area contributed by atoms with Gasteiger partial charge in [-0.2, -0.15) is 0 Å². The van der Waals surface area contributed by atoms with E-state index in [4.69, 9.17) is 4.74 Å². The lowest BCUT2D eigenvalue weighted by Crippen LogP contribution is -2.28. The van der Waals surface area contributed by atoms with Crippen LogP contribution in [0.15, 0.2) is 18.2 Å². The molecular weight excluding hydrogens is 265 g/mol. The predicted octanol–water partition coefficient (Wildman–Crippen LogP) is 4.95. The van der Waals surface area contributed by atoms with Gasteiger partial charge in [-0.15, -0.1) is 0 Å². The SMILES string of the molecule is CCCNC(CC(C)C(C)(C)C)c1cccc(OC)c1F. The van der Waals surface area contributed by atoms with Crippen LogP contribution < -0.4 is 10.1 Å². The molecule has 21 heavy (non-hydrogen) atoms. The Morgan fingerprint density at radius 1 is 1.29 bits per heavy atom. The van der Waals surface area contributed by atoms with E-state index in [0.29, 0.717) is 17.2 Å². The van der Waals surface area contributed by atoms with Crippen LogP contribution >= 0.6 is 0 Å². The van der Waals surface area contributed by atoms with Gasteiger partial charge in [0.15, 0.2) is 11.6 Å². The fourth-order valence-corrected chi connectivity index (χ4v) is 2.30. The zero-order valence-electron chi connectivity index (χ0n) is 14.3. The van der Waals surface area contributed by atoms with Crippen LogP contribution in [-0.2, 0) is 0 Å². The second-order valence-electron chi connectivity index (χ2n) is 6.87. The van der Waals surface area contributed by atoms with Crippen molar-refractivity contribution in [1.82, 2.24) is 5.32 Å². The number of hydrogen-bond acceptors (Lipinski definition) is 2. The van der Waals surface area contributed by atoms with Crippen LogP contribution in [0.2, 0.25) is 0 Å². The van der Waals surface area contributed by atoms with Gasteiger partial charge in [-0.05, 0) is 36.8 Å². The van der Waals surface area contributed by atoms with E-state index in [1.54, 1.807) is 6.07 Å².